The van der Waals surface area contributed by atoms with E-state index >= 15 is 0 Å². The van der Waals surface area contributed by atoms with Gasteiger partial charge in [0.25, 0.3) is 0 Å². The van der Waals surface area contributed by atoms with Crippen LogP contribution in [-0.2, 0) is 20.8 Å². The van der Waals surface area contributed by atoms with Crippen molar-refractivity contribution in [3.05, 3.63) is 93.5 Å². The number of imide groups is 1. The Bertz CT molecular complexity index is 1470. The Morgan fingerprint density at radius 2 is 1.95 bits per heavy atom. The quantitative estimate of drug-likeness (QED) is 0.209. The topological polar surface area (TPSA) is 100.0 Å². The van der Waals surface area contributed by atoms with E-state index in [2.05, 4.69) is 18.0 Å². The Balaban J connectivity index is 1.28. The molecule has 4 atom stereocenters. The van der Waals surface area contributed by atoms with E-state index in [1.165, 1.54) is 10.5 Å². The van der Waals surface area contributed by atoms with Gasteiger partial charge in [0, 0.05) is 11.1 Å². The van der Waals surface area contributed by atoms with E-state index in [0.29, 0.717) is 32.1 Å². The van der Waals surface area contributed by atoms with Gasteiger partial charge in [-0.1, -0.05) is 36.8 Å². The smallest absolute Gasteiger partial charge is 0.455 e. The van der Waals surface area contributed by atoms with Crippen molar-refractivity contribution in [1.82, 2.24) is 9.88 Å². The fourth-order valence-electron chi connectivity index (χ4n) is 6.77. The van der Waals surface area contributed by atoms with Crippen LogP contribution >= 0.6 is 11.3 Å². The van der Waals surface area contributed by atoms with Crippen LogP contribution in [0.2, 0.25) is 6.32 Å². The minimum atomic E-state index is -1.00. The van der Waals surface area contributed by atoms with E-state index in [-0.39, 0.29) is 35.5 Å². The second-order valence-electron chi connectivity index (χ2n) is 11.0. The highest BCUT2D eigenvalue weighted by molar-refractivity contribution is 7.09. The molecule has 0 saturated carbocycles. The third kappa shape index (κ3) is 5.54. The summed E-state index contributed by atoms with van der Waals surface area (Å²) < 4.78 is 6.17. The van der Waals surface area contributed by atoms with Gasteiger partial charge in [0.2, 0.25) is 11.8 Å². The van der Waals surface area contributed by atoms with E-state index in [0.717, 1.165) is 33.7 Å². The van der Waals surface area contributed by atoms with Crippen LogP contribution in [-0.4, -0.2) is 45.1 Å². The normalized spacial score (nSPS) is 24.6. The molecule has 0 unspecified atom stereocenters. The van der Waals surface area contributed by atoms with Crippen molar-refractivity contribution in [2.24, 2.45) is 17.8 Å². The second kappa shape index (κ2) is 11.8. The highest BCUT2D eigenvalue weighted by Crippen LogP contribution is 2.51. The van der Waals surface area contributed by atoms with E-state index in [1.807, 2.05) is 47.8 Å². The number of amides is 2. The number of hydrogen-bond acceptors (Lipinski definition) is 7. The number of carbonyl (C=O) groups is 2. The lowest BCUT2D eigenvalue weighted by atomic mass is 9.58. The molecule has 9 heteroatoms. The molecular weight excluding hydrogens is 535 g/mol. The Morgan fingerprint density at radius 1 is 1.12 bits per heavy atom. The minimum absolute atomic E-state index is 0.0924. The zero-order valence-corrected chi connectivity index (χ0v) is 23.8. The van der Waals surface area contributed by atoms with Gasteiger partial charge < -0.3 is 14.8 Å². The molecule has 2 saturated heterocycles. The number of thiophene rings is 1. The number of phenolic OH excluding ortho intramolecular Hbond substituents is 1. The predicted octanol–water partition coefficient (Wildman–Crippen LogP) is 5.58. The van der Waals surface area contributed by atoms with Crippen molar-refractivity contribution in [1.29, 1.82) is 0 Å². The molecule has 2 fully saturated rings. The molecule has 2 aromatic heterocycles. The maximum absolute atomic E-state index is 13.7. The van der Waals surface area contributed by atoms with Gasteiger partial charge in [-0.2, -0.15) is 0 Å². The van der Waals surface area contributed by atoms with Crippen LogP contribution in [0, 0.1) is 17.8 Å². The number of allylic oxidation sites excluding steroid dienone is 2. The van der Waals surface area contributed by atoms with Gasteiger partial charge in [-0.05, 0) is 96.4 Å². The first-order chi connectivity index (χ1) is 19.9. The lowest BCUT2D eigenvalue weighted by Crippen LogP contribution is -2.46. The molecule has 41 heavy (non-hydrogen) atoms. The number of likely N-dealkylation sites (tertiary alicyclic amines) is 1. The minimum Gasteiger partial charge on any atom is -0.508 e. The molecule has 1 aromatic carbocycles. The van der Waals surface area contributed by atoms with Crippen LogP contribution in [0.3, 0.4) is 0 Å². The lowest BCUT2D eigenvalue weighted by Gasteiger charge is -2.43. The molecule has 3 aliphatic rings. The highest BCUT2D eigenvalue weighted by atomic mass is 32.1. The number of aromatic hydroxyl groups is 1. The lowest BCUT2D eigenvalue weighted by molar-refractivity contribution is -0.140. The van der Waals surface area contributed by atoms with Crippen molar-refractivity contribution in [2.75, 3.05) is 0 Å². The Labute approximate surface area is 244 Å². The zero-order chi connectivity index (χ0) is 28.5. The van der Waals surface area contributed by atoms with Gasteiger partial charge in [0.05, 0.1) is 30.2 Å². The van der Waals surface area contributed by atoms with E-state index in [9.17, 15) is 19.7 Å². The van der Waals surface area contributed by atoms with Crippen molar-refractivity contribution >= 4 is 41.9 Å². The summed E-state index contributed by atoms with van der Waals surface area (Å²) in [5.41, 5.74) is 5.08. The molecule has 210 valence electrons. The van der Waals surface area contributed by atoms with Gasteiger partial charge in [0.15, 0.2) is 0 Å². The first kappa shape index (κ1) is 27.6. The first-order valence-corrected chi connectivity index (χ1v) is 15.1. The molecular formula is C32H33BN2O5S. The number of rotatable bonds is 8. The largest absolute Gasteiger partial charge is 0.508 e. The molecule has 3 aromatic rings. The van der Waals surface area contributed by atoms with E-state index in [4.69, 9.17) is 4.65 Å². The molecule has 1 aliphatic carbocycles. The number of benzene rings is 1. The number of phenols is 1. The van der Waals surface area contributed by atoms with Crippen LogP contribution in [0.5, 0.6) is 5.75 Å². The van der Waals surface area contributed by atoms with Crippen molar-refractivity contribution in [3.8, 4) is 5.75 Å². The van der Waals surface area contributed by atoms with Gasteiger partial charge in [-0.3, -0.25) is 19.5 Å². The molecule has 0 spiro atoms. The standard InChI is InChI=1S/C32H33BN2O5S/c1-2-21-17-25-30(32(38)35(31(25)37)19-24-6-5-15-41-24)26-18-33(39)40-28(29(21)26)13-10-22(27-7-3-4-14-34-27)16-20-8-11-23(36)12-9-20/h3-9,11-12,14-16,25-26,28,30,36,39H,2,10,13,17-19H2,1H3/b22-16-/t25-,26+,28-,30-/m1/s1. The van der Waals surface area contributed by atoms with Crippen LogP contribution < -0.4 is 0 Å². The second-order valence-corrected chi connectivity index (χ2v) is 12.1. The van der Waals surface area contributed by atoms with Gasteiger partial charge in [-0.15, -0.1) is 11.3 Å². The summed E-state index contributed by atoms with van der Waals surface area (Å²) in [5.74, 6) is -1.07. The predicted molar refractivity (Wildman–Crippen MR) is 159 cm³/mol. The first-order valence-electron chi connectivity index (χ1n) is 14.3. The van der Waals surface area contributed by atoms with Gasteiger partial charge in [-0.25, -0.2) is 0 Å². The molecule has 0 radical (unpaired) electrons. The number of hydrogen-bond donors (Lipinski definition) is 2. The van der Waals surface area contributed by atoms with Crippen molar-refractivity contribution in [2.45, 2.75) is 51.6 Å². The van der Waals surface area contributed by atoms with Crippen molar-refractivity contribution in [3.63, 3.8) is 0 Å². The number of nitrogens with zero attached hydrogens (tertiary/aromatic N) is 2. The average molecular weight is 569 g/mol. The van der Waals surface area contributed by atoms with Gasteiger partial charge >= 0.3 is 7.12 Å². The summed E-state index contributed by atoms with van der Waals surface area (Å²) in [6.07, 6.45) is 6.35. The molecule has 2 N–H and O–H groups in total. The molecule has 6 rings (SSSR count). The Morgan fingerprint density at radius 3 is 2.66 bits per heavy atom. The maximum atomic E-state index is 13.7. The summed E-state index contributed by atoms with van der Waals surface area (Å²) in [4.78, 5) is 34.3. The maximum Gasteiger partial charge on any atom is 0.455 e. The van der Waals surface area contributed by atoms with Crippen molar-refractivity contribution < 1.29 is 24.4 Å². The Hall–Kier alpha value is -3.53. The number of carbonyl (C=O) groups excluding carboxylic acids is 2. The average Bonchev–Trinajstić information content (AvgIpc) is 3.58. The van der Waals surface area contributed by atoms with Crippen LogP contribution in [0.15, 0.2) is 77.3 Å². The van der Waals surface area contributed by atoms with Crippen LogP contribution in [0.4, 0.5) is 0 Å². The summed E-state index contributed by atoms with van der Waals surface area (Å²) in [6, 6.07) is 16.7. The summed E-state index contributed by atoms with van der Waals surface area (Å²) >= 11 is 1.54. The van der Waals surface area contributed by atoms with Crippen LogP contribution in [0.1, 0.15) is 48.7 Å². The summed E-state index contributed by atoms with van der Waals surface area (Å²) in [5, 5.41) is 22.5. The summed E-state index contributed by atoms with van der Waals surface area (Å²) in [7, 11) is -1.00. The molecule has 7 nitrogen and oxygen atoms in total. The number of fused-ring (bicyclic) bond motifs is 3. The van der Waals surface area contributed by atoms with E-state index in [1.54, 1.807) is 29.7 Å². The SMILES string of the molecule is CCC1=C2[C@@H](CC/C(=C/c3ccc(O)cc3)c3ccccn3)OB(O)C[C@@H]2[C@@H]2C(=O)N(Cc3cccs3)C(=O)[C@@H]2C1. The molecule has 0 bridgehead atoms. The third-order valence-electron chi connectivity index (χ3n) is 8.62. The highest BCUT2D eigenvalue weighted by Gasteiger charge is 2.57. The third-order valence-corrected chi connectivity index (χ3v) is 9.48. The van der Waals surface area contributed by atoms with Crippen LogP contribution in [0.25, 0.3) is 11.6 Å². The number of aromatic nitrogens is 1. The molecule has 4 heterocycles. The van der Waals surface area contributed by atoms with Gasteiger partial charge in [0.1, 0.15) is 5.75 Å². The number of pyridine rings is 1. The monoisotopic (exact) mass is 568 g/mol. The fraction of sp³-hybridized carbons (Fsp3) is 0.344. The Kier molecular flexibility index (Phi) is 7.93. The summed E-state index contributed by atoms with van der Waals surface area (Å²) in [6.45, 7) is 2.40. The fourth-order valence-corrected chi connectivity index (χ4v) is 7.46. The molecule has 2 amide bonds. The van der Waals surface area contributed by atoms with E-state index < -0.39 is 13.0 Å². The zero-order valence-electron chi connectivity index (χ0n) is 23.0. The molecule has 2 aliphatic heterocycles.